The van der Waals surface area contributed by atoms with E-state index in [1.165, 1.54) is 0 Å². The molecule has 0 saturated carbocycles. The number of rotatable bonds is 5. The fourth-order valence-corrected chi connectivity index (χ4v) is 2.95. The van der Waals surface area contributed by atoms with Gasteiger partial charge in [-0.15, -0.1) is 0 Å². The number of fused-ring (bicyclic) bond motifs is 1. The zero-order chi connectivity index (χ0) is 17.8. The molecule has 0 aliphatic carbocycles. The zero-order valence-electron chi connectivity index (χ0n) is 13.9. The number of halogens is 1. The Morgan fingerprint density at radius 1 is 1.16 bits per heavy atom. The minimum Gasteiger partial charge on any atom is -0.352 e. The van der Waals surface area contributed by atoms with Crippen molar-refractivity contribution in [1.29, 1.82) is 0 Å². The summed E-state index contributed by atoms with van der Waals surface area (Å²) >= 11 is 5.94. The highest BCUT2D eigenvalue weighted by molar-refractivity contribution is 6.30. The molecule has 3 rings (SSSR count). The second-order valence-corrected chi connectivity index (χ2v) is 6.56. The van der Waals surface area contributed by atoms with Crippen molar-refractivity contribution in [3.05, 3.63) is 80.6 Å². The second kappa shape index (κ2) is 7.53. The minimum absolute atomic E-state index is 0.0938. The van der Waals surface area contributed by atoms with Crippen LogP contribution in [-0.2, 0) is 17.8 Å². The Bertz CT molecular complexity index is 979. The molecule has 4 nitrogen and oxygen atoms in total. The Morgan fingerprint density at radius 2 is 2.00 bits per heavy atom. The molecule has 3 aromatic rings. The van der Waals surface area contributed by atoms with Crippen LogP contribution in [0.15, 0.2) is 53.3 Å². The van der Waals surface area contributed by atoms with Crippen LogP contribution in [0.4, 0.5) is 0 Å². The first-order chi connectivity index (χ1) is 12.0. The Hall–Kier alpha value is -2.59. The van der Waals surface area contributed by atoms with Crippen molar-refractivity contribution in [2.24, 2.45) is 0 Å². The van der Waals surface area contributed by atoms with E-state index >= 15 is 0 Å². The molecule has 25 heavy (non-hydrogen) atoms. The van der Waals surface area contributed by atoms with Gasteiger partial charge in [0.05, 0.1) is 0 Å². The standard InChI is InChI=1S/C20H19ClN2O2/c1-13-5-7-18-15(9-13)11-16(20(25)23-18)12-22-19(24)8-6-14-3-2-4-17(21)10-14/h2-5,7,9-11H,6,8,12H2,1H3,(H,22,24)(H,23,25). The number of hydrogen-bond acceptors (Lipinski definition) is 2. The molecular formula is C20H19ClN2O2. The number of aryl methyl sites for hydroxylation is 2. The van der Waals surface area contributed by atoms with Gasteiger partial charge in [0.2, 0.25) is 5.91 Å². The molecule has 1 amide bonds. The summed E-state index contributed by atoms with van der Waals surface area (Å²) in [5.74, 6) is -0.0938. The number of carbonyl (C=O) groups is 1. The van der Waals surface area contributed by atoms with Crippen LogP contribution in [0.2, 0.25) is 5.02 Å². The maximum atomic E-state index is 12.1. The quantitative estimate of drug-likeness (QED) is 0.733. The fraction of sp³-hybridized carbons (Fsp3) is 0.200. The van der Waals surface area contributed by atoms with Crippen LogP contribution >= 0.6 is 11.6 Å². The summed E-state index contributed by atoms with van der Waals surface area (Å²) in [5, 5.41) is 4.44. The third kappa shape index (κ3) is 4.48. The average Bonchev–Trinajstić information content (AvgIpc) is 2.58. The third-order valence-corrected chi connectivity index (χ3v) is 4.32. The van der Waals surface area contributed by atoms with Crippen LogP contribution in [0.3, 0.4) is 0 Å². The molecule has 1 heterocycles. The van der Waals surface area contributed by atoms with E-state index in [-0.39, 0.29) is 18.0 Å². The molecule has 1 aromatic heterocycles. The molecule has 5 heteroatoms. The molecule has 0 atom stereocenters. The molecule has 128 valence electrons. The normalized spacial score (nSPS) is 10.8. The van der Waals surface area contributed by atoms with Crippen molar-refractivity contribution >= 4 is 28.4 Å². The average molecular weight is 355 g/mol. The predicted octanol–water partition coefficient (Wildman–Crippen LogP) is 3.74. The van der Waals surface area contributed by atoms with Gasteiger partial charge < -0.3 is 10.3 Å². The van der Waals surface area contributed by atoms with E-state index in [0.29, 0.717) is 23.4 Å². The number of nitrogens with one attached hydrogen (secondary N) is 2. The summed E-state index contributed by atoms with van der Waals surface area (Å²) in [7, 11) is 0. The number of pyridine rings is 1. The number of H-pyrrole nitrogens is 1. The van der Waals surface area contributed by atoms with E-state index in [1.807, 2.05) is 49.4 Å². The molecule has 0 spiro atoms. The van der Waals surface area contributed by atoms with Gasteiger partial charge in [0.25, 0.3) is 5.56 Å². The van der Waals surface area contributed by atoms with Gasteiger partial charge in [-0.25, -0.2) is 0 Å². The number of benzene rings is 2. The Morgan fingerprint density at radius 3 is 2.80 bits per heavy atom. The topological polar surface area (TPSA) is 62.0 Å². The predicted molar refractivity (Wildman–Crippen MR) is 101 cm³/mol. The summed E-state index contributed by atoms with van der Waals surface area (Å²) in [6, 6.07) is 15.1. The molecule has 0 bridgehead atoms. The van der Waals surface area contributed by atoms with Crippen molar-refractivity contribution in [2.75, 3.05) is 0 Å². The highest BCUT2D eigenvalue weighted by atomic mass is 35.5. The zero-order valence-corrected chi connectivity index (χ0v) is 14.7. The van der Waals surface area contributed by atoms with E-state index in [1.54, 1.807) is 6.07 Å². The van der Waals surface area contributed by atoms with E-state index in [9.17, 15) is 9.59 Å². The Kier molecular flexibility index (Phi) is 5.19. The lowest BCUT2D eigenvalue weighted by molar-refractivity contribution is -0.121. The summed E-state index contributed by atoms with van der Waals surface area (Å²) in [6.45, 7) is 2.22. The van der Waals surface area contributed by atoms with Gasteiger partial charge in [-0.3, -0.25) is 9.59 Å². The smallest absolute Gasteiger partial charge is 0.253 e. The number of aromatic nitrogens is 1. The Balaban J connectivity index is 1.62. The molecule has 0 radical (unpaired) electrons. The van der Waals surface area contributed by atoms with Gasteiger partial charge in [0.15, 0.2) is 0 Å². The summed E-state index contributed by atoms with van der Waals surface area (Å²) < 4.78 is 0. The van der Waals surface area contributed by atoms with E-state index in [2.05, 4.69) is 10.3 Å². The van der Waals surface area contributed by atoms with Crippen LogP contribution in [0.25, 0.3) is 10.9 Å². The first kappa shape index (κ1) is 17.2. The summed E-state index contributed by atoms with van der Waals surface area (Å²) in [4.78, 5) is 27.0. The van der Waals surface area contributed by atoms with Crippen LogP contribution in [0.5, 0.6) is 0 Å². The van der Waals surface area contributed by atoms with Crippen LogP contribution in [-0.4, -0.2) is 10.9 Å². The van der Waals surface area contributed by atoms with E-state index in [0.717, 1.165) is 22.0 Å². The van der Waals surface area contributed by atoms with Gasteiger partial charge in [0, 0.05) is 29.1 Å². The lowest BCUT2D eigenvalue weighted by Crippen LogP contribution is -2.26. The third-order valence-electron chi connectivity index (χ3n) is 4.08. The minimum atomic E-state index is -0.175. The molecule has 2 aromatic carbocycles. The summed E-state index contributed by atoms with van der Waals surface area (Å²) in [5.41, 5.74) is 3.31. The molecule has 0 fully saturated rings. The van der Waals surface area contributed by atoms with E-state index in [4.69, 9.17) is 11.6 Å². The van der Waals surface area contributed by atoms with Crippen LogP contribution in [0, 0.1) is 6.92 Å². The number of aromatic amines is 1. The SMILES string of the molecule is Cc1ccc2[nH]c(=O)c(CNC(=O)CCc3cccc(Cl)c3)cc2c1. The van der Waals surface area contributed by atoms with Gasteiger partial charge in [0.1, 0.15) is 0 Å². The van der Waals surface area contributed by atoms with Crippen molar-refractivity contribution in [2.45, 2.75) is 26.3 Å². The monoisotopic (exact) mass is 354 g/mol. The molecule has 0 unspecified atom stereocenters. The Labute approximate surface area is 150 Å². The highest BCUT2D eigenvalue weighted by Gasteiger charge is 2.07. The lowest BCUT2D eigenvalue weighted by Gasteiger charge is -2.07. The van der Waals surface area contributed by atoms with Crippen LogP contribution in [0.1, 0.15) is 23.1 Å². The maximum Gasteiger partial charge on any atom is 0.253 e. The maximum absolute atomic E-state index is 12.1. The van der Waals surface area contributed by atoms with Crippen LogP contribution < -0.4 is 10.9 Å². The summed E-state index contributed by atoms with van der Waals surface area (Å²) in [6.07, 6.45) is 0.963. The number of hydrogen-bond donors (Lipinski definition) is 2. The number of carbonyl (C=O) groups excluding carboxylic acids is 1. The van der Waals surface area contributed by atoms with Crippen molar-refractivity contribution in [3.8, 4) is 0 Å². The first-order valence-electron chi connectivity index (χ1n) is 8.15. The van der Waals surface area contributed by atoms with Gasteiger partial charge in [-0.05, 0) is 54.6 Å². The largest absolute Gasteiger partial charge is 0.352 e. The van der Waals surface area contributed by atoms with Gasteiger partial charge >= 0.3 is 0 Å². The highest BCUT2D eigenvalue weighted by Crippen LogP contribution is 2.14. The van der Waals surface area contributed by atoms with Gasteiger partial charge in [-0.1, -0.05) is 35.4 Å². The molecule has 0 aliphatic heterocycles. The molecular weight excluding hydrogens is 336 g/mol. The van der Waals surface area contributed by atoms with Crippen molar-refractivity contribution in [3.63, 3.8) is 0 Å². The first-order valence-corrected chi connectivity index (χ1v) is 8.53. The van der Waals surface area contributed by atoms with Gasteiger partial charge in [-0.2, -0.15) is 0 Å². The fourth-order valence-electron chi connectivity index (χ4n) is 2.74. The van der Waals surface area contributed by atoms with Crippen molar-refractivity contribution in [1.82, 2.24) is 10.3 Å². The van der Waals surface area contributed by atoms with Crippen molar-refractivity contribution < 1.29 is 4.79 Å². The molecule has 2 N–H and O–H groups in total. The lowest BCUT2D eigenvalue weighted by atomic mass is 10.1. The molecule has 0 aliphatic rings. The number of amides is 1. The molecule has 0 saturated heterocycles. The second-order valence-electron chi connectivity index (χ2n) is 6.12. The van der Waals surface area contributed by atoms with E-state index < -0.39 is 0 Å².